The van der Waals surface area contributed by atoms with Gasteiger partial charge in [-0.1, -0.05) is 36.4 Å². The predicted octanol–water partition coefficient (Wildman–Crippen LogP) is 4.84. The van der Waals surface area contributed by atoms with Crippen molar-refractivity contribution in [2.24, 2.45) is 0 Å². The molecule has 6 heteroatoms. The van der Waals surface area contributed by atoms with Crippen LogP contribution >= 0.6 is 23.1 Å². The molecule has 1 aliphatic rings. The van der Waals surface area contributed by atoms with Gasteiger partial charge in [0.15, 0.2) is 5.16 Å². The Labute approximate surface area is 167 Å². The zero-order valence-corrected chi connectivity index (χ0v) is 17.4. The van der Waals surface area contributed by atoms with Crippen molar-refractivity contribution in [3.63, 3.8) is 0 Å². The third kappa shape index (κ3) is 3.78. The van der Waals surface area contributed by atoms with Gasteiger partial charge in [0.25, 0.3) is 5.56 Å². The zero-order chi connectivity index (χ0) is 18.8. The zero-order valence-electron chi connectivity index (χ0n) is 15.8. The second kappa shape index (κ2) is 8.07. The van der Waals surface area contributed by atoms with Crippen LogP contribution in [0.4, 0.5) is 0 Å². The molecular formula is C21H24N2O2S2. The molecule has 0 unspecified atom stereocenters. The van der Waals surface area contributed by atoms with E-state index in [1.165, 1.54) is 16.0 Å². The van der Waals surface area contributed by atoms with E-state index < -0.39 is 0 Å². The van der Waals surface area contributed by atoms with Crippen LogP contribution in [0.1, 0.15) is 35.8 Å². The van der Waals surface area contributed by atoms with E-state index in [0.717, 1.165) is 52.6 Å². The van der Waals surface area contributed by atoms with Gasteiger partial charge in [0, 0.05) is 17.2 Å². The molecule has 2 aromatic heterocycles. The number of hydrogen-bond donors (Lipinski definition) is 0. The van der Waals surface area contributed by atoms with Crippen LogP contribution in [0.15, 0.2) is 34.2 Å². The van der Waals surface area contributed by atoms with Gasteiger partial charge in [-0.05, 0) is 50.3 Å². The molecule has 1 aliphatic carbocycles. The lowest BCUT2D eigenvalue weighted by atomic mass is 10.2. The van der Waals surface area contributed by atoms with Gasteiger partial charge in [0.1, 0.15) is 10.6 Å². The molecule has 0 amide bonds. The van der Waals surface area contributed by atoms with Crippen molar-refractivity contribution in [3.8, 4) is 5.75 Å². The molecule has 0 fully saturated rings. The lowest BCUT2D eigenvalue weighted by Crippen LogP contribution is -2.23. The molecule has 0 aliphatic heterocycles. The van der Waals surface area contributed by atoms with Gasteiger partial charge in [0.05, 0.1) is 12.0 Å². The van der Waals surface area contributed by atoms with E-state index in [1.54, 1.807) is 23.1 Å². The SMILES string of the molecule is CCCn1c(SCCOc2ccc(C)cc2)nc2sc3c(c2c1=O)CCC3. The predicted molar refractivity (Wildman–Crippen MR) is 114 cm³/mol. The van der Waals surface area contributed by atoms with Crippen molar-refractivity contribution < 1.29 is 4.74 Å². The van der Waals surface area contributed by atoms with Crippen LogP contribution in [0.25, 0.3) is 10.2 Å². The number of rotatable bonds is 7. The van der Waals surface area contributed by atoms with Gasteiger partial charge in [-0.15, -0.1) is 11.3 Å². The number of thiophene rings is 1. The highest BCUT2D eigenvalue weighted by atomic mass is 32.2. The van der Waals surface area contributed by atoms with Gasteiger partial charge >= 0.3 is 0 Å². The summed E-state index contributed by atoms with van der Waals surface area (Å²) < 4.78 is 7.68. The molecule has 0 saturated heterocycles. The second-order valence-electron chi connectivity index (χ2n) is 6.90. The Morgan fingerprint density at radius 3 is 2.85 bits per heavy atom. The first kappa shape index (κ1) is 18.6. The van der Waals surface area contributed by atoms with Crippen LogP contribution < -0.4 is 10.3 Å². The van der Waals surface area contributed by atoms with Crippen molar-refractivity contribution in [3.05, 3.63) is 50.6 Å². The lowest BCUT2D eigenvalue weighted by molar-refractivity contribution is 0.343. The summed E-state index contributed by atoms with van der Waals surface area (Å²) in [6.45, 7) is 5.47. The average Bonchev–Trinajstić information content (AvgIpc) is 3.24. The molecule has 1 aromatic carbocycles. The van der Waals surface area contributed by atoms with Crippen molar-refractivity contribution >= 4 is 33.3 Å². The summed E-state index contributed by atoms with van der Waals surface area (Å²) in [4.78, 5) is 20.3. The number of fused-ring (bicyclic) bond motifs is 3. The van der Waals surface area contributed by atoms with E-state index in [0.29, 0.717) is 13.2 Å². The minimum Gasteiger partial charge on any atom is -0.493 e. The van der Waals surface area contributed by atoms with Crippen molar-refractivity contribution in [1.29, 1.82) is 0 Å². The minimum absolute atomic E-state index is 0.142. The van der Waals surface area contributed by atoms with E-state index in [1.807, 2.05) is 28.8 Å². The lowest BCUT2D eigenvalue weighted by Gasteiger charge is -2.12. The molecular weight excluding hydrogens is 376 g/mol. The first-order valence-electron chi connectivity index (χ1n) is 9.54. The topological polar surface area (TPSA) is 44.1 Å². The Hall–Kier alpha value is -1.79. The molecule has 0 N–H and O–H groups in total. The smallest absolute Gasteiger partial charge is 0.263 e. The molecule has 0 saturated carbocycles. The van der Waals surface area contributed by atoms with E-state index in [4.69, 9.17) is 9.72 Å². The van der Waals surface area contributed by atoms with Gasteiger partial charge in [-0.3, -0.25) is 9.36 Å². The summed E-state index contributed by atoms with van der Waals surface area (Å²) in [5.41, 5.74) is 2.63. The number of hydrogen-bond acceptors (Lipinski definition) is 5. The quantitative estimate of drug-likeness (QED) is 0.323. The fraction of sp³-hybridized carbons (Fsp3) is 0.429. The molecule has 0 bridgehead atoms. The number of ether oxygens (including phenoxy) is 1. The van der Waals surface area contributed by atoms with Crippen LogP contribution in [0.3, 0.4) is 0 Å². The summed E-state index contributed by atoms with van der Waals surface area (Å²) in [5.74, 6) is 1.64. The molecule has 0 radical (unpaired) electrons. The molecule has 0 atom stereocenters. The van der Waals surface area contributed by atoms with Gasteiger partial charge in [0.2, 0.25) is 0 Å². The van der Waals surface area contributed by atoms with Crippen LogP contribution in [-0.2, 0) is 19.4 Å². The highest BCUT2D eigenvalue weighted by Gasteiger charge is 2.23. The van der Waals surface area contributed by atoms with Crippen LogP contribution in [0.2, 0.25) is 0 Å². The normalized spacial score (nSPS) is 13.3. The highest BCUT2D eigenvalue weighted by Crippen LogP contribution is 2.35. The number of benzene rings is 1. The third-order valence-electron chi connectivity index (χ3n) is 4.84. The first-order chi connectivity index (χ1) is 13.2. The molecule has 3 aromatic rings. The Morgan fingerprint density at radius 2 is 2.07 bits per heavy atom. The van der Waals surface area contributed by atoms with Crippen molar-refractivity contribution in [2.75, 3.05) is 12.4 Å². The maximum Gasteiger partial charge on any atom is 0.263 e. The van der Waals surface area contributed by atoms with E-state index in [-0.39, 0.29) is 5.56 Å². The second-order valence-corrected chi connectivity index (χ2v) is 9.04. The molecule has 2 heterocycles. The minimum atomic E-state index is 0.142. The summed E-state index contributed by atoms with van der Waals surface area (Å²) in [6.07, 6.45) is 4.20. The fourth-order valence-electron chi connectivity index (χ4n) is 3.52. The Morgan fingerprint density at radius 1 is 1.26 bits per heavy atom. The highest BCUT2D eigenvalue weighted by molar-refractivity contribution is 7.99. The van der Waals surface area contributed by atoms with E-state index in [9.17, 15) is 4.79 Å². The molecule has 142 valence electrons. The summed E-state index contributed by atoms with van der Waals surface area (Å²) >= 11 is 3.32. The Kier molecular flexibility index (Phi) is 5.55. The Bertz CT molecular complexity index is 1010. The van der Waals surface area contributed by atoms with Gasteiger partial charge in [-0.25, -0.2) is 4.98 Å². The fourth-order valence-corrected chi connectivity index (χ4v) is 5.66. The van der Waals surface area contributed by atoms with Crippen LogP contribution in [0.5, 0.6) is 5.75 Å². The summed E-state index contributed by atoms with van der Waals surface area (Å²) in [6, 6.07) is 8.08. The maximum absolute atomic E-state index is 13.1. The summed E-state index contributed by atoms with van der Waals surface area (Å²) in [7, 11) is 0. The molecule has 4 nitrogen and oxygen atoms in total. The third-order valence-corrected chi connectivity index (χ3v) is 6.97. The van der Waals surface area contributed by atoms with Crippen LogP contribution in [0, 0.1) is 6.92 Å². The number of thioether (sulfide) groups is 1. The standard InChI is InChI=1S/C21H24N2O2S2/c1-3-11-23-20(24)18-16-5-4-6-17(16)27-19(18)22-21(23)26-13-12-25-15-9-7-14(2)8-10-15/h7-10H,3-6,11-13H2,1-2H3. The Balaban J connectivity index is 1.52. The van der Waals surface area contributed by atoms with Gasteiger partial charge < -0.3 is 4.74 Å². The number of aromatic nitrogens is 2. The van der Waals surface area contributed by atoms with Crippen molar-refractivity contribution in [1.82, 2.24) is 9.55 Å². The number of aryl methyl sites for hydroxylation is 3. The van der Waals surface area contributed by atoms with E-state index in [2.05, 4.69) is 13.8 Å². The molecule has 4 rings (SSSR count). The van der Waals surface area contributed by atoms with Gasteiger partial charge in [-0.2, -0.15) is 0 Å². The maximum atomic E-state index is 13.1. The van der Waals surface area contributed by atoms with Crippen LogP contribution in [-0.4, -0.2) is 21.9 Å². The first-order valence-corrected chi connectivity index (χ1v) is 11.3. The summed E-state index contributed by atoms with van der Waals surface area (Å²) in [5, 5.41) is 1.70. The van der Waals surface area contributed by atoms with E-state index >= 15 is 0 Å². The molecule has 27 heavy (non-hydrogen) atoms. The monoisotopic (exact) mass is 400 g/mol. The van der Waals surface area contributed by atoms with Crippen molar-refractivity contribution in [2.45, 2.75) is 51.2 Å². The number of nitrogens with zero attached hydrogens (tertiary/aromatic N) is 2. The average molecular weight is 401 g/mol. The molecule has 0 spiro atoms. The largest absolute Gasteiger partial charge is 0.493 e.